The van der Waals surface area contributed by atoms with Crippen LogP contribution in [-0.4, -0.2) is 67.1 Å². The van der Waals surface area contributed by atoms with Crippen molar-refractivity contribution in [1.29, 1.82) is 0 Å². The summed E-state index contributed by atoms with van der Waals surface area (Å²) in [5, 5.41) is 21.5. The summed E-state index contributed by atoms with van der Waals surface area (Å²) in [7, 11) is 7.34. The summed E-state index contributed by atoms with van der Waals surface area (Å²) in [6, 6.07) is 11.4. The smallest absolute Gasteiger partial charge is 0.246 e. The number of aromatic nitrogens is 1. The summed E-state index contributed by atoms with van der Waals surface area (Å²) in [4.78, 5) is 19.0. The van der Waals surface area contributed by atoms with Gasteiger partial charge in [0.25, 0.3) is 0 Å². The van der Waals surface area contributed by atoms with E-state index in [2.05, 4.69) is 15.2 Å². The number of fused-ring (bicyclic) bond motifs is 2. The number of amides is 1. The minimum atomic E-state index is -0.0804. The average Bonchev–Trinajstić information content (AvgIpc) is 3.35. The maximum atomic E-state index is 12.3. The minimum absolute atomic E-state index is 0.0804. The van der Waals surface area contributed by atoms with Crippen LogP contribution in [0, 0.1) is 0 Å². The number of carbonyl (C=O) groups excluding carboxylic acids is 1. The molecule has 170 valence electrons. The molecule has 0 atom stereocenters. The lowest BCUT2D eigenvalue weighted by atomic mass is 10.1. The van der Waals surface area contributed by atoms with Crippen LogP contribution in [0.1, 0.15) is 5.56 Å². The highest BCUT2D eigenvalue weighted by Crippen LogP contribution is 2.30. The Morgan fingerprint density at radius 2 is 1.94 bits per heavy atom. The van der Waals surface area contributed by atoms with Crippen molar-refractivity contribution in [2.24, 2.45) is 10.2 Å². The fourth-order valence-corrected chi connectivity index (χ4v) is 3.58. The number of H-pyrrole nitrogens is 1. The normalized spacial score (nSPS) is 13.5. The molecule has 0 saturated carbocycles. The Hall–Kier alpha value is -3.91. The molecule has 3 aromatic rings. The van der Waals surface area contributed by atoms with E-state index in [4.69, 9.17) is 4.74 Å². The number of nitrogens with one attached hydrogen (secondary N) is 1. The van der Waals surface area contributed by atoms with Gasteiger partial charge in [-0.05, 0) is 61.8 Å². The zero-order valence-corrected chi connectivity index (χ0v) is 19.2. The second-order valence-corrected chi connectivity index (χ2v) is 8.20. The van der Waals surface area contributed by atoms with Crippen LogP contribution < -0.4 is 15.2 Å². The monoisotopic (exact) mass is 445 g/mol. The molecule has 0 spiro atoms. The van der Waals surface area contributed by atoms with Crippen LogP contribution in [0.15, 0.2) is 58.8 Å². The molecule has 1 amide bonds. The van der Waals surface area contributed by atoms with Crippen LogP contribution in [0.25, 0.3) is 22.7 Å². The second kappa shape index (κ2) is 9.30. The van der Waals surface area contributed by atoms with Gasteiger partial charge in [-0.1, -0.05) is 6.07 Å². The molecule has 33 heavy (non-hydrogen) atoms. The van der Waals surface area contributed by atoms with Gasteiger partial charge in [-0.2, -0.15) is 0 Å². The molecule has 1 aromatic heterocycles. The molecule has 1 aliphatic heterocycles. The molecule has 4 rings (SSSR count). The maximum absolute atomic E-state index is 12.3. The van der Waals surface area contributed by atoms with E-state index in [1.807, 2.05) is 61.5 Å². The molecule has 0 saturated heterocycles. The SMILES string of the molecule is COc1ccc2[nH]c(O)c(/C=c3\ccc4c(c3)N=NC=4/C=C/C(=O)N(C)CCN(C)C)c2c1. The Morgan fingerprint density at radius 1 is 1.12 bits per heavy atom. The summed E-state index contributed by atoms with van der Waals surface area (Å²) in [5.41, 5.74) is 2.86. The molecule has 2 N–H and O–H groups in total. The number of rotatable bonds is 7. The molecule has 0 fully saturated rings. The quantitative estimate of drug-likeness (QED) is 0.547. The van der Waals surface area contributed by atoms with Gasteiger partial charge in [0.05, 0.1) is 18.5 Å². The van der Waals surface area contributed by atoms with Crippen molar-refractivity contribution >= 4 is 34.3 Å². The Kier molecular flexibility index (Phi) is 6.28. The third-order valence-electron chi connectivity index (χ3n) is 5.54. The molecule has 2 heterocycles. The Labute approximate surface area is 191 Å². The Morgan fingerprint density at radius 3 is 2.70 bits per heavy atom. The lowest BCUT2D eigenvalue weighted by molar-refractivity contribution is -0.124. The van der Waals surface area contributed by atoms with E-state index in [0.29, 0.717) is 29.2 Å². The second-order valence-electron chi connectivity index (χ2n) is 8.20. The third-order valence-corrected chi connectivity index (χ3v) is 5.54. The van der Waals surface area contributed by atoms with Crippen LogP contribution in [-0.2, 0) is 4.79 Å². The van der Waals surface area contributed by atoms with Gasteiger partial charge in [0, 0.05) is 47.9 Å². The number of carbonyl (C=O) groups is 1. The van der Waals surface area contributed by atoms with Crippen molar-refractivity contribution in [2.75, 3.05) is 41.3 Å². The summed E-state index contributed by atoms with van der Waals surface area (Å²) < 4.78 is 5.31. The zero-order chi connectivity index (χ0) is 23.5. The van der Waals surface area contributed by atoms with Crippen molar-refractivity contribution in [2.45, 2.75) is 0 Å². The molecular weight excluding hydrogens is 418 g/mol. The molecule has 0 radical (unpaired) electrons. The molecule has 0 bridgehead atoms. The highest BCUT2D eigenvalue weighted by atomic mass is 16.5. The predicted octanol–water partition coefficient (Wildman–Crippen LogP) is 2.49. The van der Waals surface area contributed by atoms with E-state index in [9.17, 15) is 9.90 Å². The van der Waals surface area contributed by atoms with Crippen molar-refractivity contribution in [3.05, 3.63) is 64.6 Å². The average molecular weight is 446 g/mol. The van der Waals surface area contributed by atoms with E-state index in [1.54, 1.807) is 25.1 Å². The van der Waals surface area contributed by atoms with E-state index < -0.39 is 0 Å². The highest BCUT2D eigenvalue weighted by molar-refractivity contribution is 5.93. The first kappa shape index (κ1) is 22.3. The molecule has 1 aliphatic rings. The fourth-order valence-electron chi connectivity index (χ4n) is 3.58. The summed E-state index contributed by atoms with van der Waals surface area (Å²) in [6.45, 7) is 1.45. The van der Waals surface area contributed by atoms with E-state index in [-0.39, 0.29) is 11.8 Å². The van der Waals surface area contributed by atoms with Crippen LogP contribution in [0.5, 0.6) is 11.6 Å². The van der Waals surface area contributed by atoms with Crippen molar-refractivity contribution in [3.63, 3.8) is 0 Å². The van der Waals surface area contributed by atoms with Crippen LogP contribution in [0.2, 0.25) is 0 Å². The first-order chi connectivity index (χ1) is 15.9. The topological polar surface area (TPSA) is 93.5 Å². The van der Waals surface area contributed by atoms with Gasteiger partial charge in [-0.3, -0.25) is 4.79 Å². The standard InChI is InChI=1S/C25H27N5O3/c1-29(2)11-12-30(3)24(31)10-9-22-18-7-5-16(14-23(18)28-27-22)13-20-19-15-17(33-4)6-8-21(19)26-25(20)32/h5-10,13-15,26,32H,11-12H2,1-4H3/b10-9+,16-13+. The molecule has 0 unspecified atom stereocenters. The van der Waals surface area contributed by atoms with E-state index in [1.165, 1.54) is 6.08 Å². The zero-order valence-electron chi connectivity index (χ0n) is 19.2. The van der Waals surface area contributed by atoms with Crippen LogP contribution in [0.3, 0.4) is 0 Å². The van der Waals surface area contributed by atoms with Gasteiger partial charge in [0.1, 0.15) is 5.75 Å². The number of likely N-dealkylation sites (N-methyl/N-ethyl adjacent to an activating group) is 2. The summed E-state index contributed by atoms with van der Waals surface area (Å²) >= 11 is 0. The van der Waals surface area contributed by atoms with Gasteiger partial charge >= 0.3 is 0 Å². The Balaban J connectivity index is 1.62. The van der Waals surface area contributed by atoms with Crippen molar-refractivity contribution in [3.8, 4) is 11.6 Å². The first-order valence-electron chi connectivity index (χ1n) is 10.6. The van der Waals surface area contributed by atoms with Gasteiger partial charge in [0.15, 0.2) is 5.88 Å². The van der Waals surface area contributed by atoms with Crippen LogP contribution in [0.4, 0.5) is 5.69 Å². The van der Waals surface area contributed by atoms with Gasteiger partial charge in [-0.25, -0.2) is 0 Å². The van der Waals surface area contributed by atoms with E-state index >= 15 is 0 Å². The van der Waals surface area contributed by atoms with Crippen molar-refractivity contribution < 1.29 is 14.6 Å². The molecule has 2 aromatic carbocycles. The highest BCUT2D eigenvalue weighted by Gasteiger charge is 2.11. The molecular formula is C25H27N5O3. The maximum Gasteiger partial charge on any atom is 0.246 e. The molecule has 8 heteroatoms. The number of aromatic hydroxyl groups is 1. The van der Waals surface area contributed by atoms with Gasteiger partial charge in [0.2, 0.25) is 5.91 Å². The number of ether oxygens (including phenoxy) is 1. The van der Waals surface area contributed by atoms with Gasteiger partial charge < -0.3 is 24.6 Å². The number of aromatic amines is 1. The lowest BCUT2D eigenvalue weighted by Crippen LogP contribution is -2.32. The van der Waals surface area contributed by atoms with Crippen molar-refractivity contribution in [1.82, 2.24) is 14.8 Å². The lowest BCUT2D eigenvalue weighted by Gasteiger charge is -2.17. The van der Waals surface area contributed by atoms with Crippen LogP contribution >= 0.6 is 0 Å². The number of hydrogen-bond acceptors (Lipinski definition) is 6. The van der Waals surface area contributed by atoms with E-state index in [0.717, 1.165) is 27.9 Å². The molecule has 8 nitrogen and oxygen atoms in total. The van der Waals surface area contributed by atoms with Gasteiger partial charge in [-0.15, -0.1) is 10.2 Å². The largest absolute Gasteiger partial charge is 0.497 e. The number of methoxy groups -OCH3 is 1. The number of nitrogens with zero attached hydrogens (tertiary/aromatic N) is 4. The summed E-state index contributed by atoms with van der Waals surface area (Å²) in [6.07, 6.45) is 5.11. The number of azo groups is 1. The number of benzene rings is 2. The first-order valence-corrected chi connectivity index (χ1v) is 10.6. The molecule has 0 aliphatic carbocycles. The summed E-state index contributed by atoms with van der Waals surface area (Å²) in [5.74, 6) is 0.725. The number of hydrogen-bond donors (Lipinski definition) is 2. The Bertz CT molecular complexity index is 1390. The minimum Gasteiger partial charge on any atom is -0.497 e. The third kappa shape index (κ3) is 4.80. The predicted molar refractivity (Wildman–Crippen MR) is 129 cm³/mol. The fraction of sp³-hybridized carbons (Fsp3) is 0.240.